The average molecular weight is 286 g/mol. The second-order valence-corrected chi connectivity index (χ2v) is 6.57. The van der Waals surface area contributed by atoms with Crippen molar-refractivity contribution in [3.63, 3.8) is 0 Å². The highest BCUT2D eigenvalue weighted by Crippen LogP contribution is 2.47. The summed E-state index contributed by atoms with van der Waals surface area (Å²) in [5.74, 6) is -0.891. The topological polar surface area (TPSA) is 86.7 Å². The Labute approximate surface area is 115 Å². The van der Waals surface area contributed by atoms with Crippen molar-refractivity contribution in [2.75, 3.05) is 5.75 Å². The number of hydrogen-bond acceptors (Lipinski definition) is 4. The van der Waals surface area contributed by atoms with E-state index in [-0.39, 0.29) is 16.7 Å². The lowest BCUT2D eigenvalue weighted by atomic mass is 10.2. The lowest BCUT2D eigenvalue weighted by Gasteiger charge is -2.30. The third-order valence-corrected chi connectivity index (χ3v) is 5.28. The van der Waals surface area contributed by atoms with E-state index in [1.807, 2.05) is 6.92 Å². The van der Waals surface area contributed by atoms with E-state index in [9.17, 15) is 14.4 Å². The Morgan fingerprint density at radius 3 is 2.89 bits per heavy atom. The highest BCUT2D eigenvalue weighted by molar-refractivity contribution is 8.01. The van der Waals surface area contributed by atoms with Crippen LogP contribution >= 0.6 is 11.8 Å². The summed E-state index contributed by atoms with van der Waals surface area (Å²) in [7, 11) is 0. The first-order valence-electron chi connectivity index (χ1n) is 6.38. The molecule has 19 heavy (non-hydrogen) atoms. The van der Waals surface area contributed by atoms with Gasteiger partial charge >= 0.3 is 5.97 Å². The molecule has 0 bridgehead atoms. The molecule has 0 radical (unpaired) electrons. The lowest BCUT2D eigenvalue weighted by molar-refractivity contribution is -0.143. The first kappa shape index (κ1) is 14.2. The number of rotatable bonds is 4. The van der Waals surface area contributed by atoms with Crippen LogP contribution in [0.25, 0.3) is 0 Å². The number of carbonyl (C=O) groups is 3. The highest BCUT2D eigenvalue weighted by atomic mass is 32.2. The number of nitrogens with one attached hydrogen (secondary N) is 1. The minimum atomic E-state index is -1.04. The van der Waals surface area contributed by atoms with E-state index < -0.39 is 18.1 Å². The van der Waals surface area contributed by atoms with E-state index in [0.717, 1.165) is 6.42 Å². The van der Waals surface area contributed by atoms with Crippen molar-refractivity contribution in [2.24, 2.45) is 0 Å². The molecular weight excluding hydrogens is 268 g/mol. The van der Waals surface area contributed by atoms with E-state index in [0.29, 0.717) is 18.6 Å². The van der Waals surface area contributed by atoms with E-state index in [2.05, 4.69) is 5.32 Å². The predicted molar refractivity (Wildman–Crippen MR) is 70.6 cm³/mol. The SMILES string of the molecule is CC[C@@H](NC(=O)C1CSC2(C)CCC(=O)N12)C(=O)O. The predicted octanol–water partition coefficient (Wildman–Crippen LogP) is 0.420. The molecule has 0 aromatic carbocycles. The van der Waals surface area contributed by atoms with Crippen LogP contribution < -0.4 is 5.32 Å². The number of nitrogens with zero attached hydrogens (tertiary/aromatic N) is 1. The molecule has 2 N–H and O–H groups in total. The molecule has 106 valence electrons. The zero-order chi connectivity index (χ0) is 14.2. The van der Waals surface area contributed by atoms with Gasteiger partial charge in [-0.1, -0.05) is 6.92 Å². The number of thioether (sulfide) groups is 1. The van der Waals surface area contributed by atoms with Crippen LogP contribution in [0.5, 0.6) is 0 Å². The van der Waals surface area contributed by atoms with Gasteiger partial charge < -0.3 is 15.3 Å². The standard InChI is InChI=1S/C12H18N2O4S/c1-3-7(11(17)18)13-10(16)8-6-19-12(2)5-4-9(15)14(8)12/h7-8H,3-6H2,1-2H3,(H,13,16)(H,17,18)/t7-,8?,12?/m1/s1. The van der Waals surface area contributed by atoms with Gasteiger partial charge in [0.1, 0.15) is 12.1 Å². The van der Waals surface area contributed by atoms with Gasteiger partial charge in [0.2, 0.25) is 11.8 Å². The summed E-state index contributed by atoms with van der Waals surface area (Å²) in [6.07, 6.45) is 1.53. The van der Waals surface area contributed by atoms with E-state index in [4.69, 9.17) is 5.11 Å². The van der Waals surface area contributed by atoms with Gasteiger partial charge in [-0.05, 0) is 19.8 Å². The maximum Gasteiger partial charge on any atom is 0.326 e. The Bertz CT molecular complexity index is 428. The first-order chi connectivity index (χ1) is 8.89. The summed E-state index contributed by atoms with van der Waals surface area (Å²) >= 11 is 1.60. The molecule has 2 heterocycles. The molecular formula is C12H18N2O4S. The van der Waals surface area contributed by atoms with Crippen LogP contribution in [0.2, 0.25) is 0 Å². The van der Waals surface area contributed by atoms with Crippen molar-refractivity contribution < 1.29 is 19.5 Å². The molecule has 0 aliphatic carbocycles. The molecule has 2 amide bonds. The van der Waals surface area contributed by atoms with Crippen molar-refractivity contribution in [2.45, 2.75) is 50.1 Å². The van der Waals surface area contributed by atoms with Gasteiger partial charge in [-0.2, -0.15) is 0 Å². The Hall–Kier alpha value is -1.24. The monoisotopic (exact) mass is 286 g/mol. The minimum Gasteiger partial charge on any atom is -0.480 e. The summed E-state index contributed by atoms with van der Waals surface area (Å²) in [5, 5.41) is 11.5. The Morgan fingerprint density at radius 2 is 2.32 bits per heavy atom. The molecule has 2 unspecified atom stereocenters. The smallest absolute Gasteiger partial charge is 0.326 e. The molecule has 6 nitrogen and oxygen atoms in total. The molecule has 0 aromatic heterocycles. The molecule has 7 heteroatoms. The van der Waals surface area contributed by atoms with Crippen LogP contribution in [0.1, 0.15) is 33.1 Å². The quantitative estimate of drug-likeness (QED) is 0.782. The Balaban J connectivity index is 2.08. The van der Waals surface area contributed by atoms with Crippen molar-refractivity contribution in [3.8, 4) is 0 Å². The average Bonchev–Trinajstić information content (AvgIpc) is 2.83. The largest absolute Gasteiger partial charge is 0.480 e. The number of hydrogen-bond donors (Lipinski definition) is 2. The third-order valence-electron chi connectivity index (χ3n) is 3.77. The van der Waals surface area contributed by atoms with Crippen molar-refractivity contribution in [1.82, 2.24) is 10.2 Å². The van der Waals surface area contributed by atoms with Gasteiger partial charge in [0.05, 0.1) is 4.87 Å². The van der Waals surface area contributed by atoms with Gasteiger partial charge in [0, 0.05) is 12.2 Å². The first-order valence-corrected chi connectivity index (χ1v) is 7.37. The normalized spacial score (nSPS) is 31.2. The molecule has 0 aromatic rings. The summed E-state index contributed by atoms with van der Waals surface area (Å²) in [6.45, 7) is 3.66. The van der Waals surface area contributed by atoms with Crippen molar-refractivity contribution >= 4 is 29.5 Å². The van der Waals surface area contributed by atoms with E-state index in [1.54, 1.807) is 23.6 Å². The Kier molecular flexibility index (Phi) is 3.75. The maximum absolute atomic E-state index is 12.2. The van der Waals surface area contributed by atoms with Gasteiger partial charge in [-0.25, -0.2) is 4.79 Å². The number of carboxylic acid groups (broad SMARTS) is 1. The fourth-order valence-corrected chi connectivity index (χ4v) is 4.05. The number of carboxylic acids is 1. The number of aliphatic carboxylic acids is 1. The zero-order valence-corrected chi connectivity index (χ0v) is 11.8. The second kappa shape index (κ2) is 5.03. The summed E-state index contributed by atoms with van der Waals surface area (Å²) in [6, 6.07) is -1.43. The van der Waals surface area contributed by atoms with Crippen LogP contribution in [0.15, 0.2) is 0 Å². The third kappa shape index (κ3) is 2.43. The Morgan fingerprint density at radius 1 is 1.63 bits per heavy atom. The van der Waals surface area contributed by atoms with Crippen LogP contribution in [0.4, 0.5) is 0 Å². The van der Waals surface area contributed by atoms with Gasteiger partial charge in [-0.3, -0.25) is 9.59 Å². The summed E-state index contributed by atoms with van der Waals surface area (Å²) in [4.78, 5) is 36.3. The number of amides is 2. The van der Waals surface area contributed by atoms with Crippen LogP contribution in [-0.2, 0) is 14.4 Å². The van der Waals surface area contributed by atoms with Gasteiger partial charge in [-0.15, -0.1) is 11.8 Å². The van der Waals surface area contributed by atoms with Crippen LogP contribution in [0, 0.1) is 0 Å². The van der Waals surface area contributed by atoms with E-state index >= 15 is 0 Å². The maximum atomic E-state index is 12.2. The molecule has 2 fully saturated rings. The molecule has 3 atom stereocenters. The summed E-state index contributed by atoms with van der Waals surface area (Å²) < 4.78 is 0. The highest BCUT2D eigenvalue weighted by Gasteiger charge is 2.53. The van der Waals surface area contributed by atoms with Crippen molar-refractivity contribution in [1.29, 1.82) is 0 Å². The molecule has 2 saturated heterocycles. The molecule has 0 saturated carbocycles. The number of carbonyl (C=O) groups excluding carboxylic acids is 2. The second-order valence-electron chi connectivity index (χ2n) is 5.07. The van der Waals surface area contributed by atoms with Crippen LogP contribution in [0.3, 0.4) is 0 Å². The van der Waals surface area contributed by atoms with E-state index in [1.165, 1.54) is 0 Å². The molecule has 2 aliphatic rings. The zero-order valence-electron chi connectivity index (χ0n) is 11.0. The minimum absolute atomic E-state index is 0.0176. The summed E-state index contributed by atoms with van der Waals surface area (Å²) in [5.41, 5.74) is 0. The molecule has 0 spiro atoms. The van der Waals surface area contributed by atoms with Crippen LogP contribution in [-0.4, -0.2) is 50.5 Å². The lowest BCUT2D eigenvalue weighted by Crippen LogP contribution is -2.53. The fourth-order valence-electron chi connectivity index (χ4n) is 2.62. The van der Waals surface area contributed by atoms with Gasteiger partial charge in [0.25, 0.3) is 0 Å². The van der Waals surface area contributed by atoms with Crippen molar-refractivity contribution in [3.05, 3.63) is 0 Å². The number of fused-ring (bicyclic) bond motifs is 1. The van der Waals surface area contributed by atoms with Gasteiger partial charge in [0.15, 0.2) is 0 Å². The fraction of sp³-hybridized carbons (Fsp3) is 0.750. The molecule has 2 rings (SSSR count). The molecule has 2 aliphatic heterocycles.